The minimum Gasteiger partial charge on any atom is -0.497 e. The molecule has 1 aromatic heterocycles. The van der Waals surface area contributed by atoms with Gasteiger partial charge in [0, 0.05) is 57.1 Å². The first-order valence-corrected chi connectivity index (χ1v) is 12.3. The van der Waals surface area contributed by atoms with Crippen LogP contribution in [0.4, 0.5) is 0 Å². The van der Waals surface area contributed by atoms with Crippen molar-refractivity contribution >= 4 is 5.91 Å². The molecule has 2 aromatic rings. The monoisotopic (exact) mass is 448 g/mol. The predicted octanol–water partition coefficient (Wildman–Crippen LogP) is 3.43. The van der Waals surface area contributed by atoms with Crippen molar-refractivity contribution in [3.8, 4) is 5.75 Å². The van der Waals surface area contributed by atoms with E-state index in [4.69, 9.17) is 4.74 Å². The molecular formula is C27H36N4O2. The Morgan fingerprint density at radius 2 is 1.70 bits per heavy atom. The van der Waals surface area contributed by atoms with E-state index in [1.807, 2.05) is 30.6 Å². The minimum atomic E-state index is -0.225. The molecule has 33 heavy (non-hydrogen) atoms. The average molecular weight is 449 g/mol. The summed E-state index contributed by atoms with van der Waals surface area (Å²) in [5, 5.41) is 0. The number of hydrogen-bond acceptors (Lipinski definition) is 5. The quantitative estimate of drug-likeness (QED) is 0.678. The Kier molecular flexibility index (Phi) is 6.14. The Balaban J connectivity index is 1.32. The number of likely N-dealkylation sites (tertiary alicyclic amines) is 3. The van der Waals surface area contributed by atoms with E-state index in [1.54, 1.807) is 7.11 Å². The lowest BCUT2D eigenvalue weighted by Gasteiger charge is -2.47. The number of hydrogen-bond donors (Lipinski definition) is 0. The number of pyridine rings is 1. The van der Waals surface area contributed by atoms with Crippen molar-refractivity contribution < 1.29 is 9.53 Å². The van der Waals surface area contributed by atoms with Gasteiger partial charge in [-0.25, -0.2) is 0 Å². The number of nitrogens with zero attached hydrogens (tertiary/aromatic N) is 4. The van der Waals surface area contributed by atoms with E-state index >= 15 is 0 Å². The summed E-state index contributed by atoms with van der Waals surface area (Å²) in [6.07, 6.45) is 6.98. The molecule has 176 valence electrons. The van der Waals surface area contributed by atoms with E-state index in [2.05, 4.69) is 44.8 Å². The Hall–Kier alpha value is -2.44. The van der Waals surface area contributed by atoms with Crippen LogP contribution < -0.4 is 4.74 Å². The second-order valence-electron chi connectivity index (χ2n) is 10.1. The fourth-order valence-corrected chi connectivity index (χ4v) is 6.59. The van der Waals surface area contributed by atoms with Crippen molar-refractivity contribution in [1.29, 1.82) is 0 Å². The number of benzene rings is 1. The van der Waals surface area contributed by atoms with Gasteiger partial charge < -0.3 is 9.64 Å². The second kappa shape index (κ2) is 9.07. The van der Waals surface area contributed by atoms with Crippen molar-refractivity contribution in [2.24, 2.45) is 10.8 Å². The molecule has 5 rings (SSSR count). The van der Waals surface area contributed by atoms with E-state index in [9.17, 15) is 4.79 Å². The third kappa shape index (κ3) is 4.04. The molecule has 0 aliphatic carbocycles. The zero-order valence-corrected chi connectivity index (χ0v) is 20.0. The molecule has 3 saturated heterocycles. The van der Waals surface area contributed by atoms with Crippen molar-refractivity contribution in [3.63, 3.8) is 0 Å². The molecule has 4 heterocycles. The molecule has 1 unspecified atom stereocenters. The van der Waals surface area contributed by atoms with Gasteiger partial charge in [0.1, 0.15) is 5.75 Å². The third-order valence-electron chi connectivity index (χ3n) is 8.43. The number of fused-ring (bicyclic) bond motifs is 1. The van der Waals surface area contributed by atoms with Crippen LogP contribution in [0.1, 0.15) is 37.3 Å². The number of amides is 1. The molecule has 0 N–H and O–H groups in total. The van der Waals surface area contributed by atoms with Gasteiger partial charge in [-0.2, -0.15) is 0 Å². The van der Waals surface area contributed by atoms with E-state index in [1.165, 1.54) is 11.1 Å². The molecule has 3 fully saturated rings. The molecule has 1 amide bonds. The Morgan fingerprint density at radius 3 is 2.33 bits per heavy atom. The summed E-state index contributed by atoms with van der Waals surface area (Å²) in [5.74, 6) is 1.31. The maximum atomic E-state index is 13.7. The summed E-state index contributed by atoms with van der Waals surface area (Å²) in [7, 11) is 1.71. The van der Waals surface area contributed by atoms with Gasteiger partial charge in [-0.3, -0.25) is 19.6 Å². The highest BCUT2D eigenvalue weighted by atomic mass is 16.5. The number of rotatable bonds is 6. The number of piperidine rings is 1. The summed E-state index contributed by atoms with van der Waals surface area (Å²) in [6.45, 7) is 9.69. The Morgan fingerprint density at radius 1 is 0.939 bits per heavy atom. The van der Waals surface area contributed by atoms with Crippen molar-refractivity contribution in [1.82, 2.24) is 19.7 Å². The van der Waals surface area contributed by atoms with E-state index in [-0.39, 0.29) is 10.8 Å². The van der Waals surface area contributed by atoms with Crippen LogP contribution in [0.3, 0.4) is 0 Å². The zero-order chi connectivity index (χ0) is 22.9. The number of carbonyl (C=O) groups is 1. The van der Waals surface area contributed by atoms with Crippen LogP contribution in [0, 0.1) is 10.8 Å². The molecule has 0 saturated carbocycles. The summed E-state index contributed by atoms with van der Waals surface area (Å²) in [5.41, 5.74) is 2.41. The molecule has 0 bridgehead atoms. The predicted molar refractivity (Wildman–Crippen MR) is 129 cm³/mol. The lowest BCUT2D eigenvalue weighted by molar-refractivity contribution is -0.142. The fraction of sp³-hybridized carbons (Fsp3) is 0.556. The maximum Gasteiger partial charge on any atom is 0.230 e. The first-order chi connectivity index (χ1) is 16.1. The lowest BCUT2D eigenvalue weighted by Crippen LogP contribution is -2.52. The molecule has 2 spiro atoms. The molecule has 1 atom stereocenters. The average Bonchev–Trinajstić information content (AvgIpc) is 3.33. The van der Waals surface area contributed by atoms with Gasteiger partial charge in [-0.1, -0.05) is 18.2 Å². The van der Waals surface area contributed by atoms with Crippen LogP contribution in [0.15, 0.2) is 48.8 Å². The Labute approximate surface area is 197 Å². The fourth-order valence-electron chi connectivity index (χ4n) is 6.59. The van der Waals surface area contributed by atoms with Crippen LogP contribution >= 0.6 is 0 Å². The molecule has 3 aliphatic rings. The highest BCUT2D eigenvalue weighted by Crippen LogP contribution is 2.58. The van der Waals surface area contributed by atoms with Crippen LogP contribution in [0.5, 0.6) is 5.75 Å². The lowest BCUT2D eigenvalue weighted by atomic mass is 9.60. The van der Waals surface area contributed by atoms with Gasteiger partial charge in [-0.05, 0) is 68.6 Å². The standard InChI is InChI=1S/C27H36N4O2/c1-3-31-16-12-27(25(31)32)21-30(19-23-5-4-13-28-17-23)20-26(27)10-14-29(15-11-26)18-22-6-8-24(33-2)9-7-22/h4-9,13,17H,3,10-12,14-16,18-21H2,1-2H3. The van der Waals surface area contributed by atoms with Crippen molar-refractivity contribution in [2.75, 3.05) is 46.4 Å². The number of methoxy groups -OCH3 is 1. The summed E-state index contributed by atoms with van der Waals surface area (Å²) >= 11 is 0. The summed E-state index contributed by atoms with van der Waals surface area (Å²) in [6, 6.07) is 12.6. The first-order valence-electron chi connectivity index (χ1n) is 12.3. The molecular weight excluding hydrogens is 412 g/mol. The number of ether oxygens (including phenoxy) is 1. The first kappa shape index (κ1) is 22.4. The van der Waals surface area contributed by atoms with Crippen LogP contribution in [-0.2, 0) is 17.9 Å². The minimum absolute atomic E-state index is 0.0760. The van der Waals surface area contributed by atoms with Crippen LogP contribution in [0.25, 0.3) is 0 Å². The Bertz CT molecular complexity index is 956. The SMILES string of the molecule is CCN1CCC2(CN(Cc3cccnc3)CC23CCN(Cc2ccc(OC)cc2)CC3)C1=O. The van der Waals surface area contributed by atoms with Gasteiger partial charge in [0.25, 0.3) is 0 Å². The second-order valence-corrected chi connectivity index (χ2v) is 10.1. The van der Waals surface area contributed by atoms with E-state index in [0.29, 0.717) is 5.91 Å². The van der Waals surface area contributed by atoms with Crippen molar-refractivity contribution in [2.45, 2.75) is 39.3 Å². The normalized spacial score (nSPS) is 25.4. The molecule has 3 aliphatic heterocycles. The zero-order valence-electron chi connectivity index (χ0n) is 20.0. The van der Waals surface area contributed by atoms with Gasteiger partial charge in [0.2, 0.25) is 5.91 Å². The highest BCUT2D eigenvalue weighted by Gasteiger charge is 2.64. The van der Waals surface area contributed by atoms with Gasteiger partial charge >= 0.3 is 0 Å². The summed E-state index contributed by atoms with van der Waals surface area (Å²) < 4.78 is 5.30. The van der Waals surface area contributed by atoms with Gasteiger partial charge in [0.15, 0.2) is 0 Å². The smallest absolute Gasteiger partial charge is 0.230 e. The number of carbonyl (C=O) groups excluding carboxylic acids is 1. The van der Waals surface area contributed by atoms with Crippen molar-refractivity contribution in [3.05, 3.63) is 59.9 Å². The van der Waals surface area contributed by atoms with Crippen LogP contribution in [0.2, 0.25) is 0 Å². The topological polar surface area (TPSA) is 48.9 Å². The van der Waals surface area contributed by atoms with Gasteiger partial charge in [-0.15, -0.1) is 0 Å². The molecule has 6 nitrogen and oxygen atoms in total. The largest absolute Gasteiger partial charge is 0.497 e. The van der Waals surface area contributed by atoms with Crippen LogP contribution in [-0.4, -0.2) is 72.0 Å². The molecule has 6 heteroatoms. The molecule has 0 radical (unpaired) electrons. The number of aromatic nitrogens is 1. The third-order valence-corrected chi connectivity index (χ3v) is 8.43. The van der Waals surface area contributed by atoms with E-state index in [0.717, 1.165) is 77.4 Å². The van der Waals surface area contributed by atoms with E-state index < -0.39 is 0 Å². The summed E-state index contributed by atoms with van der Waals surface area (Å²) in [4.78, 5) is 25.2. The van der Waals surface area contributed by atoms with Gasteiger partial charge in [0.05, 0.1) is 12.5 Å². The maximum absolute atomic E-state index is 13.7. The molecule has 1 aromatic carbocycles. The highest BCUT2D eigenvalue weighted by molar-refractivity contribution is 5.86.